The molecule has 0 aromatic heterocycles. The molecule has 6 heteroatoms. The van der Waals surface area contributed by atoms with E-state index in [2.05, 4.69) is 5.32 Å². The molecule has 2 atom stereocenters. The van der Waals surface area contributed by atoms with Gasteiger partial charge in [-0.1, -0.05) is 42.8 Å². The summed E-state index contributed by atoms with van der Waals surface area (Å²) in [5.74, 6) is 1.09. The molecule has 0 heterocycles. The van der Waals surface area contributed by atoms with Crippen LogP contribution in [0.3, 0.4) is 0 Å². The smallest absolute Gasteiger partial charge is 0.242 e. The lowest BCUT2D eigenvalue weighted by atomic mass is 10.1. The van der Waals surface area contributed by atoms with Crippen LogP contribution in [0.2, 0.25) is 0 Å². The zero-order chi connectivity index (χ0) is 23.7. The van der Waals surface area contributed by atoms with Gasteiger partial charge in [-0.15, -0.1) is 0 Å². The monoisotopic (exact) mass is 440 g/mol. The number of nitrogens with zero attached hydrogens (tertiary/aromatic N) is 1. The summed E-state index contributed by atoms with van der Waals surface area (Å²) in [5.41, 5.74) is 3.10. The molecule has 0 fully saturated rings. The molecule has 0 aliphatic heterocycles. The highest BCUT2D eigenvalue weighted by Crippen LogP contribution is 2.28. The topological polar surface area (TPSA) is 67.9 Å². The van der Waals surface area contributed by atoms with Crippen LogP contribution in [0.25, 0.3) is 0 Å². The summed E-state index contributed by atoms with van der Waals surface area (Å²) >= 11 is 0. The third-order valence-electron chi connectivity index (χ3n) is 5.68. The minimum Gasteiger partial charge on any atom is -0.493 e. The van der Waals surface area contributed by atoms with Gasteiger partial charge < -0.3 is 19.7 Å². The van der Waals surface area contributed by atoms with Gasteiger partial charge in [-0.2, -0.15) is 0 Å². The number of hydrogen-bond donors (Lipinski definition) is 1. The predicted molar refractivity (Wildman–Crippen MR) is 127 cm³/mol. The summed E-state index contributed by atoms with van der Waals surface area (Å²) in [6.07, 6.45) is 1.68. The van der Waals surface area contributed by atoms with Crippen molar-refractivity contribution in [1.82, 2.24) is 10.2 Å². The molecule has 1 N–H and O–H groups in total. The van der Waals surface area contributed by atoms with Crippen molar-refractivity contribution in [3.8, 4) is 11.5 Å². The number of rotatable bonds is 11. The van der Waals surface area contributed by atoms with E-state index in [1.54, 1.807) is 26.0 Å². The quantitative estimate of drug-likeness (QED) is 0.566. The Balaban J connectivity index is 2.18. The van der Waals surface area contributed by atoms with E-state index in [1.807, 2.05) is 63.2 Å². The molecular weight excluding hydrogens is 404 g/mol. The van der Waals surface area contributed by atoms with E-state index in [-0.39, 0.29) is 17.9 Å². The molecule has 0 aliphatic rings. The molecule has 174 valence electrons. The Hall–Kier alpha value is -3.02. The first kappa shape index (κ1) is 25.2. The van der Waals surface area contributed by atoms with Crippen LogP contribution in [0.15, 0.2) is 42.5 Å². The molecule has 6 nitrogen and oxygen atoms in total. The molecule has 0 spiro atoms. The molecule has 0 aliphatic carbocycles. The Bertz CT molecular complexity index is 912. The Kier molecular flexibility index (Phi) is 9.57. The van der Waals surface area contributed by atoms with E-state index in [0.29, 0.717) is 30.9 Å². The second-order valence-corrected chi connectivity index (χ2v) is 8.19. The SMILES string of the molecule is CC[C@@H](C)NC(=O)[C@@H](C)N(Cc1cccc(C)c1)C(=O)CCc1ccc(OC)c(OC)c1. The van der Waals surface area contributed by atoms with Crippen LogP contribution in [0, 0.1) is 6.92 Å². The fraction of sp³-hybridized carbons (Fsp3) is 0.462. The molecule has 2 amide bonds. The van der Waals surface area contributed by atoms with Gasteiger partial charge in [0.05, 0.1) is 14.2 Å². The highest BCUT2D eigenvalue weighted by molar-refractivity contribution is 5.87. The summed E-state index contributed by atoms with van der Waals surface area (Å²) in [6, 6.07) is 13.2. The van der Waals surface area contributed by atoms with Crippen LogP contribution in [-0.4, -0.2) is 43.0 Å². The number of amides is 2. The second kappa shape index (κ2) is 12.1. The lowest BCUT2D eigenvalue weighted by Gasteiger charge is -2.30. The van der Waals surface area contributed by atoms with Gasteiger partial charge in [-0.25, -0.2) is 0 Å². The molecule has 2 rings (SSSR count). The summed E-state index contributed by atoms with van der Waals surface area (Å²) in [5, 5.41) is 3.00. The maximum Gasteiger partial charge on any atom is 0.242 e. The average molecular weight is 441 g/mol. The summed E-state index contributed by atoms with van der Waals surface area (Å²) in [4.78, 5) is 27.8. The molecule has 0 bridgehead atoms. The summed E-state index contributed by atoms with van der Waals surface area (Å²) in [6.45, 7) is 8.19. The van der Waals surface area contributed by atoms with Crippen molar-refractivity contribution in [2.75, 3.05) is 14.2 Å². The van der Waals surface area contributed by atoms with Gasteiger partial charge in [0.2, 0.25) is 11.8 Å². The number of hydrogen-bond acceptors (Lipinski definition) is 4. The van der Waals surface area contributed by atoms with Gasteiger partial charge in [0.25, 0.3) is 0 Å². The van der Waals surface area contributed by atoms with Gasteiger partial charge in [0, 0.05) is 19.0 Å². The molecule has 0 saturated heterocycles. The van der Waals surface area contributed by atoms with Crippen molar-refractivity contribution in [2.24, 2.45) is 0 Å². The third kappa shape index (κ3) is 7.01. The number of carbonyl (C=O) groups excluding carboxylic acids is 2. The van der Waals surface area contributed by atoms with Crippen molar-refractivity contribution in [3.63, 3.8) is 0 Å². The number of carbonyl (C=O) groups is 2. The fourth-order valence-electron chi connectivity index (χ4n) is 3.49. The van der Waals surface area contributed by atoms with E-state index >= 15 is 0 Å². The van der Waals surface area contributed by atoms with Gasteiger partial charge in [-0.05, 0) is 56.9 Å². The molecular formula is C26H36N2O4. The van der Waals surface area contributed by atoms with Gasteiger partial charge in [0.1, 0.15) is 6.04 Å². The Labute approximate surface area is 191 Å². The lowest BCUT2D eigenvalue weighted by molar-refractivity contribution is -0.140. The van der Waals surface area contributed by atoms with Crippen molar-refractivity contribution in [1.29, 1.82) is 0 Å². The second-order valence-electron chi connectivity index (χ2n) is 8.19. The molecule has 32 heavy (non-hydrogen) atoms. The normalized spacial score (nSPS) is 12.6. The first-order valence-electron chi connectivity index (χ1n) is 11.1. The van der Waals surface area contributed by atoms with Crippen LogP contribution in [0.1, 0.15) is 50.3 Å². The minimum absolute atomic E-state index is 0.0620. The van der Waals surface area contributed by atoms with Crippen molar-refractivity contribution in [3.05, 3.63) is 59.2 Å². The number of ether oxygens (including phenoxy) is 2. The molecule has 0 unspecified atom stereocenters. The van der Waals surface area contributed by atoms with Crippen LogP contribution >= 0.6 is 0 Å². The van der Waals surface area contributed by atoms with Crippen molar-refractivity contribution in [2.45, 2.75) is 65.6 Å². The predicted octanol–water partition coefficient (Wildman–Crippen LogP) is 4.28. The Morgan fingerprint density at radius 3 is 2.34 bits per heavy atom. The fourth-order valence-corrected chi connectivity index (χ4v) is 3.49. The van der Waals surface area contributed by atoms with Gasteiger partial charge >= 0.3 is 0 Å². The molecule has 2 aromatic rings. The van der Waals surface area contributed by atoms with Crippen LogP contribution < -0.4 is 14.8 Å². The van der Waals surface area contributed by atoms with Crippen molar-refractivity contribution >= 4 is 11.8 Å². The summed E-state index contributed by atoms with van der Waals surface area (Å²) < 4.78 is 10.7. The highest BCUT2D eigenvalue weighted by atomic mass is 16.5. The van der Waals surface area contributed by atoms with Crippen LogP contribution in [-0.2, 0) is 22.6 Å². The van der Waals surface area contributed by atoms with Crippen molar-refractivity contribution < 1.29 is 19.1 Å². The lowest BCUT2D eigenvalue weighted by Crippen LogP contribution is -2.49. The molecule has 2 aromatic carbocycles. The van der Waals surface area contributed by atoms with Gasteiger partial charge in [0.15, 0.2) is 11.5 Å². The third-order valence-corrected chi connectivity index (χ3v) is 5.68. The van der Waals surface area contributed by atoms with E-state index in [1.165, 1.54) is 0 Å². The number of aryl methyl sites for hydroxylation is 2. The number of benzene rings is 2. The van der Waals surface area contributed by atoms with Crippen LogP contribution in [0.5, 0.6) is 11.5 Å². The average Bonchev–Trinajstić information content (AvgIpc) is 2.80. The highest BCUT2D eigenvalue weighted by Gasteiger charge is 2.26. The molecule has 0 radical (unpaired) electrons. The number of methoxy groups -OCH3 is 2. The maximum absolute atomic E-state index is 13.3. The van der Waals surface area contributed by atoms with Crippen LogP contribution in [0.4, 0.5) is 0 Å². The van der Waals surface area contributed by atoms with Gasteiger partial charge in [-0.3, -0.25) is 9.59 Å². The van der Waals surface area contributed by atoms with E-state index in [0.717, 1.165) is 23.1 Å². The minimum atomic E-state index is -0.567. The summed E-state index contributed by atoms with van der Waals surface area (Å²) in [7, 11) is 3.18. The molecule has 0 saturated carbocycles. The van der Waals surface area contributed by atoms with E-state index in [9.17, 15) is 9.59 Å². The number of nitrogens with one attached hydrogen (secondary N) is 1. The maximum atomic E-state index is 13.3. The first-order chi connectivity index (χ1) is 15.3. The standard InChI is InChI=1S/C26H36N2O4/c1-7-19(3)27-26(30)20(4)28(17-22-10-8-9-18(2)15-22)25(29)14-12-21-11-13-23(31-5)24(16-21)32-6/h8-11,13,15-16,19-20H,7,12,14,17H2,1-6H3,(H,27,30)/t19-,20-/m1/s1. The largest absolute Gasteiger partial charge is 0.493 e. The first-order valence-corrected chi connectivity index (χ1v) is 11.1. The zero-order valence-electron chi connectivity index (χ0n) is 20.1. The Morgan fingerprint density at radius 2 is 1.72 bits per heavy atom. The van der Waals surface area contributed by atoms with E-state index < -0.39 is 6.04 Å². The van der Waals surface area contributed by atoms with E-state index in [4.69, 9.17) is 9.47 Å². The Morgan fingerprint density at radius 1 is 1.00 bits per heavy atom. The zero-order valence-corrected chi connectivity index (χ0v) is 20.1.